The Morgan fingerprint density at radius 3 is 1.18 bits per heavy atom. The van der Waals surface area contributed by atoms with Crippen molar-refractivity contribution >= 4 is 61.5 Å². The van der Waals surface area contributed by atoms with Crippen molar-refractivity contribution < 1.29 is 17.0 Å². The molecular weight excluding hydrogens is 474 g/mol. The molecule has 202 valence electrons. The van der Waals surface area contributed by atoms with Crippen LogP contribution in [-0.2, 0) is 14.3 Å². The van der Waals surface area contributed by atoms with Gasteiger partial charge in [0, 0.05) is 0 Å². The number of hydrogen-bond donors (Lipinski definition) is 0. The Morgan fingerprint density at radius 2 is 0.824 bits per heavy atom. The van der Waals surface area contributed by atoms with Crippen molar-refractivity contribution in [2.75, 3.05) is 6.61 Å². The topological polar surface area (TPSA) is 43.4 Å². The van der Waals surface area contributed by atoms with E-state index in [1.54, 1.807) is 0 Å². The molecule has 0 fully saturated rings. The van der Waals surface area contributed by atoms with Crippen LogP contribution in [-0.4, -0.2) is 71.9 Å². The van der Waals surface area contributed by atoms with Crippen molar-refractivity contribution in [2.45, 2.75) is 173 Å². The summed E-state index contributed by atoms with van der Waals surface area (Å²) in [6.45, 7) is 4.57. The van der Waals surface area contributed by atoms with E-state index in [9.17, 15) is 12.8 Å². The van der Waals surface area contributed by atoms with Gasteiger partial charge in [0.2, 0.25) is 5.50 Å². The fourth-order valence-electron chi connectivity index (χ4n) is 4.31. The zero-order valence-electron chi connectivity index (χ0n) is 22.3. The van der Waals surface area contributed by atoms with Crippen LogP contribution in [0.15, 0.2) is 0 Å². The van der Waals surface area contributed by atoms with Crippen LogP contribution in [0.1, 0.15) is 168 Å². The second-order valence-electron chi connectivity index (χ2n) is 9.94. The Hall–Kier alpha value is 1.48. The molecular formula is C28H58FKO3S. The van der Waals surface area contributed by atoms with E-state index >= 15 is 0 Å². The van der Waals surface area contributed by atoms with E-state index in [0.717, 1.165) is 32.1 Å². The molecule has 0 bridgehead atoms. The average molecular weight is 533 g/mol. The van der Waals surface area contributed by atoms with Crippen molar-refractivity contribution in [3.8, 4) is 0 Å². The van der Waals surface area contributed by atoms with Crippen molar-refractivity contribution in [2.24, 2.45) is 0 Å². The molecule has 0 aromatic rings. The van der Waals surface area contributed by atoms with Crippen molar-refractivity contribution in [3.05, 3.63) is 0 Å². The van der Waals surface area contributed by atoms with Gasteiger partial charge < -0.3 is 0 Å². The third kappa shape index (κ3) is 26.5. The van der Waals surface area contributed by atoms with Crippen LogP contribution in [0.2, 0.25) is 0 Å². The Bertz CT molecular complexity index is 488. The molecule has 0 saturated heterocycles. The molecule has 3 nitrogen and oxygen atoms in total. The van der Waals surface area contributed by atoms with Gasteiger partial charge in [-0.3, -0.25) is 4.18 Å². The van der Waals surface area contributed by atoms with E-state index in [4.69, 9.17) is 4.18 Å². The molecule has 1 unspecified atom stereocenters. The van der Waals surface area contributed by atoms with Gasteiger partial charge in [-0.2, -0.15) is 8.42 Å². The van der Waals surface area contributed by atoms with Gasteiger partial charge >= 0.3 is 51.4 Å². The standard InChI is InChI=1S/C28H57FO3S.K.H/c1-3-5-7-9-11-12-13-14-15-16-17-18-19-21-23-25-27-32-33(30,31)28(29)26-24-22-20-10-8-6-4-2;;/h28H,3-27H2,1-2H3;;. The number of unbranched alkanes of at least 4 members (excludes halogenated alkanes) is 21. The summed E-state index contributed by atoms with van der Waals surface area (Å²) in [7, 11) is -4.05. The quantitative estimate of drug-likeness (QED) is 0.0601. The molecule has 0 rings (SSSR count). The summed E-state index contributed by atoms with van der Waals surface area (Å²) >= 11 is 0. The number of halogens is 1. The van der Waals surface area contributed by atoms with E-state index in [1.165, 1.54) is 103 Å². The Labute approximate surface area is 256 Å². The molecule has 0 radical (unpaired) electrons. The Morgan fingerprint density at radius 1 is 0.529 bits per heavy atom. The van der Waals surface area contributed by atoms with Crippen LogP contribution in [0.3, 0.4) is 0 Å². The molecule has 0 aromatic heterocycles. The van der Waals surface area contributed by atoms with Crippen LogP contribution < -0.4 is 0 Å². The monoisotopic (exact) mass is 532 g/mol. The maximum atomic E-state index is 14.0. The molecule has 0 aliphatic carbocycles. The summed E-state index contributed by atoms with van der Waals surface area (Å²) in [5.41, 5.74) is -1.87. The van der Waals surface area contributed by atoms with E-state index in [1.807, 2.05) is 0 Å². The first-order valence-electron chi connectivity index (χ1n) is 14.6. The van der Waals surface area contributed by atoms with Gasteiger partial charge in [-0.05, 0) is 19.3 Å². The van der Waals surface area contributed by atoms with E-state index in [2.05, 4.69) is 13.8 Å². The average Bonchev–Trinajstić information content (AvgIpc) is 2.80. The van der Waals surface area contributed by atoms with Gasteiger partial charge in [0.05, 0.1) is 6.61 Å². The van der Waals surface area contributed by atoms with E-state index < -0.39 is 15.6 Å². The van der Waals surface area contributed by atoms with E-state index in [0.29, 0.717) is 12.8 Å². The normalized spacial score (nSPS) is 12.6. The summed E-state index contributed by atoms with van der Waals surface area (Å²) in [5, 5.41) is 0. The molecule has 0 aromatic carbocycles. The fourth-order valence-corrected chi connectivity index (χ4v) is 5.26. The molecule has 34 heavy (non-hydrogen) atoms. The first kappa shape index (κ1) is 37.6. The van der Waals surface area contributed by atoms with Gasteiger partial charge in [0.15, 0.2) is 0 Å². The summed E-state index contributed by atoms with van der Waals surface area (Å²) in [4.78, 5) is 0. The van der Waals surface area contributed by atoms with E-state index in [-0.39, 0.29) is 64.4 Å². The van der Waals surface area contributed by atoms with Gasteiger partial charge in [-0.15, -0.1) is 0 Å². The Kier molecular flexibility index (Phi) is 32.1. The minimum absolute atomic E-state index is 0. The third-order valence-electron chi connectivity index (χ3n) is 6.59. The molecule has 0 amide bonds. The number of rotatable bonds is 27. The second-order valence-corrected chi connectivity index (χ2v) is 11.7. The second kappa shape index (κ2) is 29.0. The zero-order valence-corrected chi connectivity index (χ0v) is 23.1. The van der Waals surface area contributed by atoms with Crippen LogP contribution in [0.25, 0.3) is 0 Å². The summed E-state index contributed by atoms with van der Waals surface area (Å²) in [5.74, 6) is 0. The Balaban J connectivity index is 0. The maximum absolute atomic E-state index is 14.0. The fraction of sp³-hybridized carbons (Fsp3) is 1.00. The molecule has 1 atom stereocenters. The zero-order chi connectivity index (χ0) is 24.5. The minimum atomic E-state index is -4.05. The predicted molar refractivity (Wildman–Crippen MR) is 149 cm³/mol. The summed E-state index contributed by atoms with van der Waals surface area (Å²) in [6, 6.07) is 0. The molecule has 6 heteroatoms. The van der Waals surface area contributed by atoms with Gasteiger partial charge in [-0.1, -0.05) is 149 Å². The first-order chi connectivity index (χ1) is 16.0. The predicted octanol–water partition coefficient (Wildman–Crippen LogP) is 9.38. The van der Waals surface area contributed by atoms with Crippen LogP contribution in [0.5, 0.6) is 0 Å². The summed E-state index contributed by atoms with van der Waals surface area (Å²) < 4.78 is 42.7. The third-order valence-corrected chi connectivity index (χ3v) is 7.95. The number of alkyl halides is 1. The molecule has 0 spiro atoms. The van der Waals surface area contributed by atoms with Crippen LogP contribution in [0.4, 0.5) is 4.39 Å². The van der Waals surface area contributed by atoms with Crippen LogP contribution >= 0.6 is 0 Å². The molecule has 0 aliphatic heterocycles. The van der Waals surface area contributed by atoms with Gasteiger partial charge in [0.25, 0.3) is 10.1 Å². The van der Waals surface area contributed by atoms with Crippen LogP contribution in [0, 0.1) is 0 Å². The first-order valence-corrected chi connectivity index (χ1v) is 16.0. The molecule has 0 aliphatic rings. The molecule has 0 heterocycles. The van der Waals surface area contributed by atoms with Crippen molar-refractivity contribution in [1.82, 2.24) is 0 Å². The SMILES string of the molecule is CCCCCCCCCCCCCCCCCCOS(=O)(=O)C(F)CCCCCCCCC.[KH]. The van der Waals surface area contributed by atoms with Crippen molar-refractivity contribution in [3.63, 3.8) is 0 Å². The summed E-state index contributed by atoms with van der Waals surface area (Å²) in [6.07, 6.45) is 27.9. The van der Waals surface area contributed by atoms with Gasteiger partial charge in [-0.25, -0.2) is 4.39 Å². The molecule has 0 saturated carbocycles. The molecule has 0 N–H and O–H groups in total. The van der Waals surface area contributed by atoms with Crippen molar-refractivity contribution in [1.29, 1.82) is 0 Å². The number of hydrogen-bond acceptors (Lipinski definition) is 3. The van der Waals surface area contributed by atoms with Gasteiger partial charge in [0.1, 0.15) is 0 Å².